The molecule has 1 amide bonds. The highest BCUT2D eigenvalue weighted by Crippen LogP contribution is 2.37. The van der Waals surface area contributed by atoms with Gasteiger partial charge >= 0.3 is 5.97 Å². The molecule has 5 nitrogen and oxygen atoms in total. The van der Waals surface area contributed by atoms with Gasteiger partial charge in [0.15, 0.2) is 0 Å². The Bertz CT molecular complexity index is 598. The summed E-state index contributed by atoms with van der Waals surface area (Å²) in [6.45, 7) is 5.99. The van der Waals surface area contributed by atoms with Crippen molar-refractivity contribution in [3.05, 3.63) is 29.8 Å². The standard InChI is InChI=1S/C19H27NO4/c1-12-9-10-19(18(22)23,11-13(12)2)20-17(21)14(3)15-5-7-16(24-4)8-6-15/h5-8,12-14H,9-11H2,1-4H3,(H,20,21)(H,22,23). The van der Waals surface area contributed by atoms with E-state index in [1.807, 2.05) is 12.1 Å². The summed E-state index contributed by atoms with van der Waals surface area (Å²) in [6, 6.07) is 7.27. The highest BCUT2D eigenvalue weighted by molar-refractivity contribution is 5.90. The summed E-state index contributed by atoms with van der Waals surface area (Å²) < 4.78 is 5.12. The zero-order chi connectivity index (χ0) is 17.9. The minimum atomic E-state index is -1.15. The molecule has 1 aromatic rings. The zero-order valence-corrected chi connectivity index (χ0v) is 14.8. The van der Waals surface area contributed by atoms with Gasteiger partial charge in [-0.2, -0.15) is 0 Å². The Kier molecular flexibility index (Phi) is 5.52. The molecule has 1 aromatic carbocycles. The number of benzene rings is 1. The van der Waals surface area contributed by atoms with E-state index in [2.05, 4.69) is 19.2 Å². The van der Waals surface area contributed by atoms with Gasteiger partial charge in [-0.25, -0.2) is 4.79 Å². The smallest absolute Gasteiger partial charge is 0.329 e. The van der Waals surface area contributed by atoms with Gasteiger partial charge in [-0.15, -0.1) is 0 Å². The fourth-order valence-electron chi connectivity index (χ4n) is 3.36. The molecule has 0 spiro atoms. The summed E-state index contributed by atoms with van der Waals surface area (Å²) in [5.41, 5.74) is -0.310. The summed E-state index contributed by atoms with van der Waals surface area (Å²) in [6.07, 6.45) is 1.77. The Morgan fingerprint density at radius 2 is 1.88 bits per heavy atom. The molecule has 2 rings (SSSR count). The molecule has 2 N–H and O–H groups in total. The molecule has 0 bridgehead atoms. The number of carbonyl (C=O) groups is 2. The van der Waals surface area contributed by atoms with Crippen molar-refractivity contribution in [3.8, 4) is 5.75 Å². The molecule has 1 aliphatic rings. The van der Waals surface area contributed by atoms with Gasteiger partial charge in [0.2, 0.25) is 5.91 Å². The van der Waals surface area contributed by atoms with Crippen LogP contribution in [0.5, 0.6) is 5.75 Å². The number of carboxylic acids is 1. The second-order valence-corrected chi connectivity index (χ2v) is 7.07. The molecule has 0 radical (unpaired) electrons. The van der Waals surface area contributed by atoms with E-state index < -0.39 is 17.4 Å². The SMILES string of the molecule is COc1ccc(C(C)C(=O)NC2(C(=O)O)CCC(C)C(C)C2)cc1. The average molecular weight is 333 g/mol. The Morgan fingerprint density at radius 3 is 2.38 bits per heavy atom. The molecule has 1 saturated carbocycles. The Labute approximate surface area is 143 Å². The molecule has 1 aliphatic carbocycles. The first-order valence-corrected chi connectivity index (χ1v) is 8.48. The number of hydrogen-bond acceptors (Lipinski definition) is 3. The third-order valence-corrected chi connectivity index (χ3v) is 5.45. The van der Waals surface area contributed by atoms with Crippen LogP contribution in [-0.2, 0) is 9.59 Å². The van der Waals surface area contributed by atoms with Gasteiger partial charge in [-0.1, -0.05) is 26.0 Å². The van der Waals surface area contributed by atoms with Gasteiger partial charge in [-0.3, -0.25) is 4.79 Å². The van der Waals surface area contributed by atoms with Crippen LogP contribution < -0.4 is 10.1 Å². The molecule has 0 heterocycles. The lowest BCUT2D eigenvalue weighted by atomic mass is 9.71. The predicted molar refractivity (Wildman–Crippen MR) is 92.1 cm³/mol. The summed E-state index contributed by atoms with van der Waals surface area (Å²) in [4.78, 5) is 24.5. The van der Waals surface area contributed by atoms with E-state index >= 15 is 0 Å². The molecule has 4 atom stereocenters. The van der Waals surface area contributed by atoms with E-state index in [4.69, 9.17) is 4.74 Å². The van der Waals surface area contributed by atoms with Crippen LogP contribution in [0, 0.1) is 11.8 Å². The van der Waals surface area contributed by atoms with Gasteiger partial charge in [-0.05, 0) is 55.7 Å². The number of carbonyl (C=O) groups excluding carboxylic acids is 1. The van der Waals surface area contributed by atoms with Gasteiger partial charge < -0.3 is 15.2 Å². The van der Waals surface area contributed by atoms with Crippen LogP contribution >= 0.6 is 0 Å². The van der Waals surface area contributed by atoms with Crippen molar-refractivity contribution in [1.82, 2.24) is 5.32 Å². The zero-order valence-electron chi connectivity index (χ0n) is 14.8. The summed E-state index contributed by atoms with van der Waals surface area (Å²) in [5, 5.41) is 12.6. The number of hydrogen-bond donors (Lipinski definition) is 2. The molecule has 132 valence electrons. The van der Waals surface area contributed by atoms with Crippen molar-refractivity contribution >= 4 is 11.9 Å². The van der Waals surface area contributed by atoms with E-state index in [0.29, 0.717) is 18.8 Å². The second-order valence-electron chi connectivity index (χ2n) is 7.07. The van der Waals surface area contributed by atoms with Crippen LogP contribution in [0.3, 0.4) is 0 Å². The van der Waals surface area contributed by atoms with Gasteiger partial charge in [0, 0.05) is 0 Å². The maximum atomic E-state index is 12.7. The highest BCUT2D eigenvalue weighted by Gasteiger charge is 2.45. The minimum Gasteiger partial charge on any atom is -0.497 e. The van der Waals surface area contributed by atoms with Crippen LogP contribution in [0.2, 0.25) is 0 Å². The fourth-order valence-corrected chi connectivity index (χ4v) is 3.36. The van der Waals surface area contributed by atoms with Crippen molar-refractivity contribution in [1.29, 1.82) is 0 Å². The number of carboxylic acid groups (broad SMARTS) is 1. The van der Waals surface area contributed by atoms with Crippen molar-refractivity contribution in [3.63, 3.8) is 0 Å². The molecule has 0 aliphatic heterocycles. The number of ether oxygens (including phenoxy) is 1. The van der Waals surface area contributed by atoms with Gasteiger partial charge in [0.1, 0.15) is 11.3 Å². The number of amides is 1. The first kappa shape index (κ1) is 18.3. The van der Waals surface area contributed by atoms with Gasteiger partial charge in [0.25, 0.3) is 0 Å². The summed E-state index contributed by atoms with van der Waals surface area (Å²) in [5.74, 6) is -0.120. The topological polar surface area (TPSA) is 75.6 Å². The maximum Gasteiger partial charge on any atom is 0.329 e. The first-order valence-electron chi connectivity index (χ1n) is 8.48. The Hall–Kier alpha value is -2.04. The van der Waals surface area contributed by atoms with Crippen molar-refractivity contribution in [2.24, 2.45) is 11.8 Å². The van der Waals surface area contributed by atoms with E-state index in [0.717, 1.165) is 17.7 Å². The summed E-state index contributed by atoms with van der Waals surface area (Å²) in [7, 11) is 1.59. The van der Waals surface area contributed by atoms with Crippen molar-refractivity contribution in [2.45, 2.75) is 51.5 Å². The third kappa shape index (κ3) is 3.71. The lowest BCUT2D eigenvalue weighted by molar-refractivity contribution is -0.150. The molecule has 4 unspecified atom stereocenters. The Morgan fingerprint density at radius 1 is 1.25 bits per heavy atom. The molecule has 1 fully saturated rings. The van der Waals surface area contributed by atoms with E-state index in [9.17, 15) is 14.7 Å². The monoisotopic (exact) mass is 333 g/mol. The van der Waals surface area contributed by atoms with Gasteiger partial charge in [0.05, 0.1) is 13.0 Å². The minimum absolute atomic E-state index is 0.246. The quantitative estimate of drug-likeness (QED) is 0.867. The van der Waals surface area contributed by atoms with Crippen molar-refractivity contribution in [2.75, 3.05) is 7.11 Å². The fraction of sp³-hybridized carbons (Fsp3) is 0.579. The number of rotatable bonds is 5. The number of methoxy groups -OCH3 is 1. The van der Waals surface area contributed by atoms with E-state index in [1.54, 1.807) is 26.2 Å². The van der Waals surface area contributed by atoms with Crippen LogP contribution in [0.1, 0.15) is 51.5 Å². The highest BCUT2D eigenvalue weighted by atomic mass is 16.5. The van der Waals surface area contributed by atoms with E-state index in [1.165, 1.54) is 0 Å². The predicted octanol–water partition coefficient (Wildman–Crippen LogP) is 3.19. The third-order valence-electron chi connectivity index (χ3n) is 5.45. The molecule has 0 aromatic heterocycles. The van der Waals surface area contributed by atoms with Crippen molar-refractivity contribution < 1.29 is 19.4 Å². The maximum absolute atomic E-state index is 12.7. The molecule has 24 heavy (non-hydrogen) atoms. The normalized spacial score (nSPS) is 28.0. The lowest BCUT2D eigenvalue weighted by Crippen LogP contribution is -2.58. The lowest BCUT2D eigenvalue weighted by Gasteiger charge is -2.40. The molecule has 0 saturated heterocycles. The second kappa shape index (κ2) is 7.24. The summed E-state index contributed by atoms with van der Waals surface area (Å²) >= 11 is 0. The molecular weight excluding hydrogens is 306 g/mol. The van der Waals surface area contributed by atoms with Crippen LogP contribution in [0.25, 0.3) is 0 Å². The number of nitrogens with one attached hydrogen (secondary N) is 1. The van der Waals surface area contributed by atoms with Crippen LogP contribution in [0.15, 0.2) is 24.3 Å². The number of aliphatic carboxylic acids is 1. The molecular formula is C19H27NO4. The Balaban J connectivity index is 2.14. The largest absolute Gasteiger partial charge is 0.497 e. The molecule has 5 heteroatoms. The van der Waals surface area contributed by atoms with Crippen LogP contribution in [0.4, 0.5) is 0 Å². The first-order chi connectivity index (χ1) is 11.3. The average Bonchev–Trinajstić information content (AvgIpc) is 2.57. The van der Waals surface area contributed by atoms with E-state index in [-0.39, 0.29) is 11.8 Å². The van der Waals surface area contributed by atoms with Crippen LogP contribution in [-0.4, -0.2) is 29.6 Å².